The summed E-state index contributed by atoms with van der Waals surface area (Å²) in [6, 6.07) is 5.79. The van der Waals surface area contributed by atoms with Crippen molar-refractivity contribution in [2.45, 2.75) is 20.8 Å². The summed E-state index contributed by atoms with van der Waals surface area (Å²) in [6.45, 7) is 5.76. The fourth-order valence-corrected chi connectivity index (χ4v) is 3.00. The number of carbonyl (C=O) groups excluding carboxylic acids is 1. The molecular weight excluding hydrogens is 298 g/mol. The predicted molar refractivity (Wildman–Crippen MR) is 87.9 cm³/mol. The van der Waals surface area contributed by atoms with E-state index >= 15 is 0 Å². The van der Waals surface area contributed by atoms with Crippen LogP contribution in [0.1, 0.15) is 26.4 Å². The zero-order valence-electron chi connectivity index (χ0n) is 12.5. The number of amides is 1. The van der Waals surface area contributed by atoms with E-state index in [9.17, 15) is 9.59 Å². The molecule has 5 nitrogen and oxygen atoms in total. The molecule has 0 unspecified atom stereocenters. The van der Waals surface area contributed by atoms with E-state index in [1.165, 1.54) is 21.9 Å². The summed E-state index contributed by atoms with van der Waals surface area (Å²) in [5.41, 5.74) is 2.38. The Morgan fingerprint density at radius 3 is 2.82 bits per heavy atom. The van der Waals surface area contributed by atoms with Crippen molar-refractivity contribution >= 4 is 27.9 Å². The Balaban J connectivity index is 2.00. The van der Waals surface area contributed by atoms with E-state index in [1.54, 1.807) is 6.20 Å². The second-order valence-electron chi connectivity index (χ2n) is 5.24. The molecule has 2 aromatic heterocycles. The van der Waals surface area contributed by atoms with Crippen LogP contribution in [0, 0.1) is 20.8 Å². The fourth-order valence-electron chi connectivity index (χ4n) is 2.21. The van der Waals surface area contributed by atoms with E-state index in [-0.39, 0.29) is 11.1 Å². The third-order valence-corrected chi connectivity index (χ3v) is 4.32. The lowest BCUT2D eigenvalue weighted by atomic mass is 10.1. The van der Waals surface area contributed by atoms with E-state index < -0.39 is 5.91 Å². The Labute approximate surface area is 131 Å². The van der Waals surface area contributed by atoms with Crippen LogP contribution in [0.4, 0.5) is 5.69 Å². The first-order valence-electron chi connectivity index (χ1n) is 6.82. The summed E-state index contributed by atoms with van der Waals surface area (Å²) < 4.78 is 1.41. The number of aryl methyl sites for hydroxylation is 3. The number of thiazole rings is 1. The van der Waals surface area contributed by atoms with Crippen LogP contribution in [-0.2, 0) is 0 Å². The molecule has 2 heterocycles. The maximum Gasteiger partial charge on any atom is 0.271 e. The van der Waals surface area contributed by atoms with E-state index in [1.807, 2.05) is 39.0 Å². The maximum atomic E-state index is 12.4. The van der Waals surface area contributed by atoms with Gasteiger partial charge in [-0.25, -0.2) is 4.98 Å². The van der Waals surface area contributed by atoms with Gasteiger partial charge in [0.15, 0.2) is 4.96 Å². The molecule has 22 heavy (non-hydrogen) atoms. The quantitative estimate of drug-likeness (QED) is 0.791. The van der Waals surface area contributed by atoms with Crippen LogP contribution in [0.25, 0.3) is 4.96 Å². The highest BCUT2D eigenvalue weighted by Crippen LogP contribution is 2.17. The van der Waals surface area contributed by atoms with Crippen molar-refractivity contribution in [2.24, 2.45) is 0 Å². The first-order valence-corrected chi connectivity index (χ1v) is 7.64. The number of nitrogens with zero attached hydrogens (tertiary/aromatic N) is 2. The molecule has 112 valence electrons. The molecule has 1 N–H and O–H groups in total. The van der Waals surface area contributed by atoms with Crippen molar-refractivity contribution in [3.05, 3.63) is 62.5 Å². The summed E-state index contributed by atoms with van der Waals surface area (Å²) in [5, 5.41) is 2.79. The third kappa shape index (κ3) is 2.53. The average Bonchev–Trinajstić information content (AvgIpc) is 2.84. The van der Waals surface area contributed by atoms with E-state index in [0.717, 1.165) is 16.0 Å². The molecule has 1 aromatic carbocycles. The molecule has 0 saturated heterocycles. The van der Waals surface area contributed by atoms with Gasteiger partial charge in [-0.1, -0.05) is 12.1 Å². The summed E-state index contributed by atoms with van der Waals surface area (Å²) in [5.74, 6) is -0.440. The van der Waals surface area contributed by atoms with Gasteiger partial charge in [0, 0.05) is 23.0 Å². The Morgan fingerprint density at radius 1 is 1.27 bits per heavy atom. The van der Waals surface area contributed by atoms with E-state index in [0.29, 0.717) is 10.6 Å². The van der Waals surface area contributed by atoms with Crippen LogP contribution in [0.2, 0.25) is 0 Å². The first-order chi connectivity index (χ1) is 10.5. The molecule has 0 aliphatic rings. The average molecular weight is 313 g/mol. The Bertz CT molecular complexity index is 940. The number of benzene rings is 1. The van der Waals surface area contributed by atoms with Gasteiger partial charge in [0.1, 0.15) is 5.56 Å². The highest BCUT2D eigenvalue weighted by molar-refractivity contribution is 7.16. The number of fused-ring (bicyclic) bond motifs is 1. The van der Waals surface area contributed by atoms with E-state index in [2.05, 4.69) is 10.3 Å². The van der Waals surface area contributed by atoms with Crippen molar-refractivity contribution in [3.8, 4) is 0 Å². The molecule has 3 rings (SSSR count). The van der Waals surface area contributed by atoms with Crippen molar-refractivity contribution in [2.75, 3.05) is 5.32 Å². The van der Waals surface area contributed by atoms with Gasteiger partial charge in [-0.05, 0) is 38.0 Å². The minimum Gasteiger partial charge on any atom is -0.322 e. The molecule has 0 aliphatic heterocycles. The lowest BCUT2D eigenvalue weighted by Crippen LogP contribution is -2.26. The number of aromatic nitrogens is 2. The summed E-state index contributed by atoms with van der Waals surface area (Å²) in [4.78, 5) is 30.5. The number of anilines is 1. The molecule has 0 bridgehead atoms. The zero-order valence-corrected chi connectivity index (χ0v) is 13.3. The lowest BCUT2D eigenvalue weighted by molar-refractivity contribution is 0.102. The van der Waals surface area contributed by atoms with Gasteiger partial charge in [-0.15, -0.1) is 11.3 Å². The predicted octanol–water partition coefficient (Wildman–Crippen LogP) is 2.93. The van der Waals surface area contributed by atoms with Gasteiger partial charge < -0.3 is 5.32 Å². The second-order valence-corrected chi connectivity index (χ2v) is 6.46. The van der Waals surface area contributed by atoms with Gasteiger partial charge in [-0.3, -0.25) is 14.0 Å². The number of nitrogens with one attached hydrogen (secondary N) is 1. The molecule has 0 fully saturated rings. The minimum atomic E-state index is -0.440. The minimum absolute atomic E-state index is 0.0382. The zero-order chi connectivity index (χ0) is 15.9. The van der Waals surface area contributed by atoms with Gasteiger partial charge in [0.05, 0.1) is 0 Å². The summed E-state index contributed by atoms with van der Waals surface area (Å²) in [7, 11) is 0. The van der Waals surface area contributed by atoms with Gasteiger partial charge >= 0.3 is 0 Å². The third-order valence-electron chi connectivity index (χ3n) is 3.41. The molecule has 3 aromatic rings. The Hall–Kier alpha value is -2.47. The van der Waals surface area contributed by atoms with Crippen molar-refractivity contribution < 1.29 is 4.79 Å². The number of rotatable bonds is 2. The summed E-state index contributed by atoms with van der Waals surface area (Å²) >= 11 is 1.42. The van der Waals surface area contributed by atoms with Crippen LogP contribution in [-0.4, -0.2) is 15.3 Å². The molecule has 0 radical (unpaired) electrons. The molecule has 0 atom stereocenters. The topological polar surface area (TPSA) is 63.5 Å². The van der Waals surface area contributed by atoms with Crippen molar-refractivity contribution in [3.63, 3.8) is 0 Å². The van der Waals surface area contributed by atoms with Crippen LogP contribution in [0.15, 0.2) is 35.4 Å². The molecular formula is C16H15N3O2S. The van der Waals surface area contributed by atoms with Gasteiger partial charge in [0.2, 0.25) is 0 Å². The highest BCUT2D eigenvalue weighted by Gasteiger charge is 2.15. The number of hydrogen-bond donors (Lipinski definition) is 1. The standard InChI is InChI=1S/C16H15N3O2S/c1-9-4-5-10(2)13(6-9)18-14(20)12-7-17-16-19(15(12)21)8-11(3)22-16/h4-8H,1-3H3,(H,18,20). The molecule has 6 heteroatoms. The van der Waals surface area contributed by atoms with Crippen LogP contribution in [0.3, 0.4) is 0 Å². The lowest BCUT2D eigenvalue weighted by Gasteiger charge is -2.09. The second kappa shape index (κ2) is 5.38. The van der Waals surface area contributed by atoms with Crippen molar-refractivity contribution in [1.82, 2.24) is 9.38 Å². The van der Waals surface area contributed by atoms with Crippen molar-refractivity contribution in [1.29, 1.82) is 0 Å². The van der Waals surface area contributed by atoms with Crippen LogP contribution in [0.5, 0.6) is 0 Å². The SMILES string of the molecule is Cc1ccc(C)c(NC(=O)c2cnc3sc(C)cn3c2=O)c1. The summed E-state index contributed by atoms with van der Waals surface area (Å²) in [6.07, 6.45) is 3.04. The largest absolute Gasteiger partial charge is 0.322 e. The van der Waals surface area contributed by atoms with Gasteiger partial charge in [0.25, 0.3) is 11.5 Å². The first kappa shape index (κ1) is 14.5. The molecule has 0 saturated carbocycles. The highest BCUT2D eigenvalue weighted by atomic mass is 32.1. The number of carbonyl (C=O) groups is 1. The molecule has 1 amide bonds. The smallest absolute Gasteiger partial charge is 0.271 e. The monoisotopic (exact) mass is 313 g/mol. The fraction of sp³-hybridized carbons (Fsp3) is 0.188. The number of hydrogen-bond acceptors (Lipinski definition) is 4. The molecule has 0 spiro atoms. The normalized spacial score (nSPS) is 10.9. The van der Waals surface area contributed by atoms with Crippen LogP contribution >= 0.6 is 11.3 Å². The Morgan fingerprint density at radius 2 is 2.05 bits per heavy atom. The van der Waals surface area contributed by atoms with Crippen LogP contribution < -0.4 is 10.9 Å². The maximum absolute atomic E-state index is 12.4. The van der Waals surface area contributed by atoms with Gasteiger partial charge in [-0.2, -0.15) is 0 Å². The van der Waals surface area contributed by atoms with E-state index in [4.69, 9.17) is 0 Å². The Kier molecular flexibility index (Phi) is 3.54. The molecule has 0 aliphatic carbocycles.